The van der Waals surface area contributed by atoms with Gasteiger partial charge in [0.25, 0.3) is 5.66 Å². The smallest absolute Gasteiger partial charge is 0.256 e. The normalized spacial score (nSPS) is 11.3. The summed E-state index contributed by atoms with van der Waals surface area (Å²) < 4.78 is 4.52. The molecule has 108 valence electrons. The van der Waals surface area contributed by atoms with Crippen molar-refractivity contribution in [2.75, 3.05) is 0 Å². The van der Waals surface area contributed by atoms with Gasteiger partial charge in [0.2, 0.25) is 12.7 Å². The molecule has 4 nitrogen and oxygen atoms in total. The highest BCUT2D eigenvalue weighted by atomic mass is 127. The Morgan fingerprint density at radius 3 is 1.37 bits per heavy atom. The van der Waals surface area contributed by atoms with Gasteiger partial charge in [0.15, 0.2) is 0 Å². The largest absolute Gasteiger partial charge is 1.00 e. The molecule has 2 rings (SSSR count). The van der Waals surface area contributed by atoms with Crippen LogP contribution in [0.15, 0.2) is 37.4 Å². The molecule has 0 atom stereocenters. The van der Waals surface area contributed by atoms with Crippen LogP contribution < -0.4 is 57.1 Å². The van der Waals surface area contributed by atoms with Crippen molar-refractivity contribution in [3.8, 4) is 0 Å². The topological polar surface area (TPSA) is 39.3 Å². The molecule has 6 heteroatoms. The highest BCUT2D eigenvalue weighted by Gasteiger charge is 2.49. The van der Waals surface area contributed by atoms with Gasteiger partial charge < -0.3 is 48.0 Å². The maximum absolute atomic E-state index is 3.15. The predicted octanol–water partition coefficient (Wildman–Crippen LogP) is -4.56. The minimum Gasteiger partial charge on any atom is -1.00 e. The van der Waals surface area contributed by atoms with Crippen LogP contribution in [-0.2, 0) is 5.66 Å². The maximum Gasteiger partial charge on any atom is 0.256 e. The predicted molar refractivity (Wildman–Crippen MR) is 65.0 cm³/mol. The van der Waals surface area contributed by atoms with Gasteiger partial charge in [0.1, 0.15) is 24.8 Å². The van der Waals surface area contributed by atoms with Crippen molar-refractivity contribution in [2.24, 2.45) is 11.8 Å². The van der Waals surface area contributed by atoms with E-state index in [0.29, 0.717) is 11.8 Å². The van der Waals surface area contributed by atoms with Gasteiger partial charge in [0.05, 0.1) is 0 Å². The monoisotopic (exact) mass is 488 g/mol. The van der Waals surface area contributed by atoms with E-state index in [1.165, 1.54) is 0 Å². The fourth-order valence-electron chi connectivity index (χ4n) is 3.02. The minimum atomic E-state index is -0.0833. The van der Waals surface area contributed by atoms with E-state index in [4.69, 9.17) is 0 Å². The first-order valence-corrected chi connectivity index (χ1v) is 6.19. The van der Waals surface area contributed by atoms with E-state index >= 15 is 0 Å². The SMILES string of the molecule is CC(C)C(C(C)C)([n+]1cc[nH]c1)[n+]1cc[nH]c1.[I-].[I-]. The molecular weight excluding hydrogens is 466 g/mol. The van der Waals surface area contributed by atoms with Gasteiger partial charge in [-0.15, -0.1) is 0 Å². The van der Waals surface area contributed by atoms with Gasteiger partial charge >= 0.3 is 0 Å². The zero-order valence-corrected chi connectivity index (χ0v) is 16.1. The van der Waals surface area contributed by atoms with Gasteiger partial charge in [-0.2, -0.15) is 9.13 Å². The summed E-state index contributed by atoms with van der Waals surface area (Å²) in [5.41, 5.74) is -0.0833. The fourth-order valence-corrected chi connectivity index (χ4v) is 3.02. The van der Waals surface area contributed by atoms with Crippen LogP contribution in [-0.4, -0.2) is 9.97 Å². The zero-order chi connectivity index (χ0) is 12.5. The molecule has 0 saturated heterocycles. The number of imidazole rings is 2. The van der Waals surface area contributed by atoms with Gasteiger partial charge in [0, 0.05) is 11.8 Å². The van der Waals surface area contributed by atoms with Crippen molar-refractivity contribution >= 4 is 0 Å². The molecule has 2 N–H and O–H groups in total. The number of aromatic nitrogens is 4. The zero-order valence-electron chi connectivity index (χ0n) is 11.8. The summed E-state index contributed by atoms with van der Waals surface area (Å²) in [6.45, 7) is 9.06. The van der Waals surface area contributed by atoms with Crippen LogP contribution >= 0.6 is 0 Å². The Morgan fingerprint density at radius 1 is 0.789 bits per heavy atom. The van der Waals surface area contributed by atoms with Gasteiger partial charge in [-0.1, -0.05) is 27.7 Å². The first-order valence-electron chi connectivity index (χ1n) is 6.19. The van der Waals surface area contributed by atoms with Crippen LogP contribution in [0.3, 0.4) is 0 Å². The first-order chi connectivity index (χ1) is 8.10. The Balaban J connectivity index is 0.00000162. The second-order valence-electron chi connectivity index (χ2n) is 5.13. The average Bonchev–Trinajstić information content (AvgIpc) is 2.88. The van der Waals surface area contributed by atoms with Gasteiger partial charge in [-0.05, 0) is 0 Å². The van der Waals surface area contributed by atoms with E-state index < -0.39 is 0 Å². The number of rotatable bonds is 4. The average molecular weight is 488 g/mol. The van der Waals surface area contributed by atoms with Crippen LogP contribution in [0, 0.1) is 11.8 Å². The van der Waals surface area contributed by atoms with Crippen molar-refractivity contribution in [2.45, 2.75) is 33.4 Å². The van der Waals surface area contributed by atoms with Crippen molar-refractivity contribution < 1.29 is 57.1 Å². The van der Waals surface area contributed by atoms with Crippen molar-refractivity contribution in [1.82, 2.24) is 9.97 Å². The molecule has 0 saturated carbocycles. The van der Waals surface area contributed by atoms with Crippen LogP contribution in [0.4, 0.5) is 0 Å². The van der Waals surface area contributed by atoms with Crippen LogP contribution in [0.5, 0.6) is 0 Å². The van der Waals surface area contributed by atoms with Crippen LogP contribution in [0.1, 0.15) is 27.7 Å². The summed E-state index contributed by atoms with van der Waals surface area (Å²) >= 11 is 0. The van der Waals surface area contributed by atoms with E-state index in [1.54, 1.807) is 0 Å². The molecule has 0 radical (unpaired) electrons. The molecule has 0 spiro atoms. The molecular formula is C13H22I2N4. The Labute approximate surface area is 149 Å². The van der Waals surface area contributed by atoms with E-state index in [9.17, 15) is 0 Å². The molecule has 0 aromatic carbocycles. The third-order valence-electron chi connectivity index (χ3n) is 3.62. The summed E-state index contributed by atoms with van der Waals surface area (Å²) in [4.78, 5) is 6.29. The Hall–Kier alpha value is -0.120. The Bertz CT molecular complexity index is 405. The lowest BCUT2D eigenvalue weighted by Gasteiger charge is -2.34. The number of hydrogen-bond acceptors (Lipinski definition) is 0. The molecule has 0 aliphatic rings. The molecule has 0 bridgehead atoms. The number of nitrogens with one attached hydrogen (secondary N) is 2. The standard InChI is InChI=1S/C13H20N4.2HI/c1-11(2)13(12(3)4,16-7-5-14-9-16)17-8-6-15-10-17;;/h5-12H,1-4H3;2*1H. The molecule has 0 aliphatic carbocycles. The lowest BCUT2D eigenvalue weighted by Crippen LogP contribution is -3.00. The number of aromatic amines is 2. The fraction of sp³-hybridized carbons (Fsp3) is 0.538. The van der Waals surface area contributed by atoms with Crippen molar-refractivity contribution in [3.05, 3.63) is 37.4 Å². The molecule has 19 heavy (non-hydrogen) atoms. The third-order valence-corrected chi connectivity index (χ3v) is 3.62. The van der Waals surface area contributed by atoms with E-state index in [1.807, 2.05) is 25.0 Å². The van der Waals surface area contributed by atoms with Crippen LogP contribution in [0.25, 0.3) is 0 Å². The number of halogens is 2. The lowest BCUT2D eigenvalue weighted by molar-refractivity contribution is -1.01. The van der Waals surface area contributed by atoms with Crippen molar-refractivity contribution in [3.63, 3.8) is 0 Å². The quantitative estimate of drug-likeness (QED) is 0.322. The number of H-pyrrole nitrogens is 2. The maximum atomic E-state index is 3.15. The highest BCUT2D eigenvalue weighted by molar-refractivity contribution is 4.74. The summed E-state index contributed by atoms with van der Waals surface area (Å²) in [5.74, 6) is 0.952. The van der Waals surface area contributed by atoms with Crippen LogP contribution in [0.2, 0.25) is 0 Å². The van der Waals surface area contributed by atoms with Gasteiger partial charge in [-0.3, -0.25) is 9.97 Å². The summed E-state index contributed by atoms with van der Waals surface area (Å²) in [6, 6.07) is 0. The second-order valence-corrected chi connectivity index (χ2v) is 5.13. The minimum absolute atomic E-state index is 0. The second kappa shape index (κ2) is 7.61. The molecule has 2 aromatic heterocycles. The number of nitrogens with zero attached hydrogens (tertiary/aromatic N) is 2. The first kappa shape index (κ1) is 18.9. The molecule has 0 unspecified atom stereocenters. The molecule has 0 fully saturated rings. The highest BCUT2D eigenvalue weighted by Crippen LogP contribution is 2.25. The Kier molecular flexibility index (Phi) is 7.56. The number of hydrogen-bond donors (Lipinski definition) is 2. The third kappa shape index (κ3) is 3.14. The van der Waals surface area contributed by atoms with Crippen molar-refractivity contribution in [1.29, 1.82) is 0 Å². The molecule has 2 aromatic rings. The van der Waals surface area contributed by atoms with E-state index in [-0.39, 0.29) is 53.6 Å². The molecule has 2 heterocycles. The summed E-state index contributed by atoms with van der Waals surface area (Å²) in [7, 11) is 0. The molecule has 0 amide bonds. The van der Waals surface area contributed by atoms with Gasteiger partial charge in [-0.25, -0.2) is 0 Å². The Morgan fingerprint density at radius 2 is 1.16 bits per heavy atom. The summed E-state index contributed by atoms with van der Waals surface area (Å²) in [5, 5.41) is 0. The lowest BCUT2D eigenvalue weighted by atomic mass is 9.84. The van der Waals surface area contributed by atoms with E-state index in [0.717, 1.165) is 0 Å². The van der Waals surface area contributed by atoms with E-state index in [2.05, 4.69) is 59.2 Å². The molecule has 0 aliphatic heterocycles. The summed E-state index contributed by atoms with van der Waals surface area (Å²) in [6.07, 6.45) is 12.2.